The predicted molar refractivity (Wildman–Crippen MR) is 95.4 cm³/mol. The van der Waals surface area contributed by atoms with Crippen LogP contribution in [0.2, 0.25) is 0 Å². The molecule has 2 amide bonds. The summed E-state index contributed by atoms with van der Waals surface area (Å²) in [7, 11) is 0. The largest absolute Gasteiger partial charge is 0.339 e. The summed E-state index contributed by atoms with van der Waals surface area (Å²) in [6.45, 7) is 2.12. The minimum atomic E-state index is -0.463. The second-order valence-corrected chi connectivity index (χ2v) is 6.81. The van der Waals surface area contributed by atoms with Crippen molar-refractivity contribution in [3.05, 3.63) is 52.3 Å². The van der Waals surface area contributed by atoms with Crippen LogP contribution in [-0.2, 0) is 4.79 Å². The number of carbonyl (C=O) groups is 2. The molecule has 9 heteroatoms. The molecular weight excluding hydrogens is 350 g/mol. The average Bonchev–Trinajstić information content (AvgIpc) is 3.43. The van der Waals surface area contributed by atoms with Gasteiger partial charge in [0.1, 0.15) is 0 Å². The number of hydrogen-bond acceptors (Lipinski definition) is 5. The van der Waals surface area contributed by atoms with E-state index in [-0.39, 0.29) is 23.4 Å². The molecule has 0 unspecified atom stereocenters. The van der Waals surface area contributed by atoms with E-state index in [1.54, 1.807) is 29.3 Å². The molecule has 140 valence electrons. The van der Waals surface area contributed by atoms with Crippen LogP contribution in [0, 0.1) is 16.0 Å². The molecule has 0 atom stereocenters. The van der Waals surface area contributed by atoms with E-state index in [9.17, 15) is 19.7 Å². The maximum absolute atomic E-state index is 12.7. The van der Waals surface area contributed by atoms with Gasteiger partial charge in [-0.3, -0.25) is 19.7 Å². The molecule has 2 aliphatic rings. The number of hydrogen-bond donors (Lipinski definition) is 0. The maximum atomic E-state index is 12.7. The van der Waals surface area contributed by atoms with Gasteiger partial charge < -0.3 is 9.80 Å². The van der Waals surface area contributed by atoms with Gasteiger partial charge in [0.05, 0.1) is 10.6 Å². The zero-order valence-electron chi connectivity index (χ0n) is 14.7. The Hall–Kier alpha value is -3.23. The normalized spacial score (nSPS) is 17.0. The van der Waals surface area contributed by atoms with Crippen LogP contribution in [0.5, 0.6) is 0 Å². The zero-order valence-corrected chi connectivity index (χ0v) is 14.7. The monoisotopic (exact) mass is 369 g/mol. The summed E-state index contributed by atoms with van der Waals surface area (Å²) in [5.41, 5.74) is 0.954. The summed E-state index contributed by atoms with van der Waals surface area (Å²) in [5.74, 6) is 0.239. The summed E-state index contributed by atoms with van der Waals surface area (Å²) in [6, 6.07) is 7.60. The number of nitrogens with zero attached hydrogens (tertiary/aromatic N) is 5. The van der Waals surface area contributed by atoms with Crippen molar-refractivity contribution >= 4 is 17.5 Å². The SMILES string of the molecule is O=C(c1ccn(-c2ccc([N+](=O)[O-])cc2)n1)N1CCN(C(=O)C2CC2)CC1. The van der Waals surface area contributed by atoms with E-state index in [1.807, 2.05) is 4.90 Å². The lowest BCUT2D eigenvalue weighted by Crippen LogP contribution is -2.51. The van der Waals surface area contributed by atoms with E-state index in [2.05, 4.69) is 5.10 Å². The number of nitro benzene ring substituents is 1. The van der Waals surface area contributed by atoms with E-state index in [0.717, 1.165) is 12.8 Å². The first-order valence-electron chi connectivity index (χ1n) is 8.91. The van der Waals surface area contributed by atoms with Gasteiger partial charge in [-0.1, -0.05) is 0 Å². The van der Waals surface area contributed by atoms with Gasteiger partial charge in [-0.2, -0.15) is 5.10 Å². The summed E-state index contributed by atoms with van der Waals surface area (Å²) >= 11 is 0. The van der Waals surface area contributed by atoms with Crippen molar-refractivity contribution in [3.63, 3.8) is 0 Å². The number of aromatic nitrogens is 2. The van der Waals surface area contributed by atoms with Crippen LogP contribution < -0.4 is 0 Å². The predicted octanol–water partition coefficient (Wildman–Crippen LogP) is 1.47. The first-order chi connectivity index (χ1) is 13.0. The molecule has 27 heavy (non-hydrogen) atoms. The summed E-state index contributed by atoms with van der Waals surface area (Å²) in [4.78, 5) is 38.6. The molecular formula is C18H19N5O4. The van der Waals surface area contributed by atoms with Crippen LogP contribution in [0.25, 0.3) is 5.69 Å². The quantitative estimate of drug-likeness (QED) is 0.600. The second-order valence-electron chi connectivity index (χ2n) is 6.81. The van der Waals surface area contributed by atoms with Crippen molar-refractivity contribution in [2.24, 2.45) is 5.92 Å². The molecule has 9 nitrogen and oxygen atoms in total. The van der Waals surface area contributed by atoms with Crippen molar-refractivity contribution in [2.45, 2.75) is 12.8 Å². The van der Waals surface area contributed by atoms with Crippen molar-refractivity contribution in [1.29, 1.82) is 0 Å². The molecule has 0 bridgehead atoms. The number of nitro groups is 1. The Morgan fingerprint density at radius 3 is 2.22 bits per heavy atom. The van der Waals surface area contributed by atoms with Crippen molar-refractivity contribution < 1.29 is 14.5 Å². The standard InChI is InChI=1S/C18H19N5O4/c24-17(13-1-2-13)20-9-11-21(12-10-20)18(25)16-7-8-22(19-16)14-3-5-15(6-4-14)23(26)27/h3-8,13H,1-2,9-12H2. The molecule has 4 rings (SSSR count). The number of rotatable bonds is 4. The number of benzene rings is 1. The molecule has 1 saturated heterocycles. The van der Waals surface area contributed by atoms with Crippen LogP contribution in [0.3, 0.4) is 0 Å². The van der Waals surface area contributed by atoms with Gasteiger partial charge >= 0.3 is 0 Å². The Bertz CT molecular complexity index is 879. The third-order valence-corrected chi connectivity index (χ3v) is 4.94. The van der Waals surface area contributed by atoms with Gasteiger partial charge in [0.2, 0.25) is 5.91 Å². The lowest BCUT2D eigenvalue weighted by Gasteiger charge is -2.34. The highest BCUT2D eigenvalue weighted by Crippen LogP contribution is 2.31. The Morgan fingerprint density at radius 1 is 1.00 bits per heavy atom. The van der Waals surface area contributed by atoms with Crippen LogP contribution in [0.1, 0.15) is 23.3 Å². The third kappa shape index (κ3) is 3.53. The average molecular weight is 369 g/mol. The molecule has 2 heterocycles. The summed E-state index contributed by atoms with van der Waals surface area (Å²) < 4.78 is 1.52. The fourth-order valence-corrected chi connectivity index (χ4v) is 3.19. The van der Waals surface area contributed by atoms with Crippen molar-refractivity contribution in [1.82, 2.24) is 19.6 Å². The number of piperazine rings is 1. The van der Waals surface area contributed by atoms with E-state index in [1.165, 1.54) is 16.8 Å². The smallest absolute Gasteiger partial charge is 0.274 e. The third-order valence-electron chi connectivity index (χ3n) is 4.94. The maximum Gasteiger partial charge on any atom is 0.274 e. The lowest BCUT2D eigenvalue weighted by atomic mass is 10.2. The summed E-state index contributed by atoms with van der Waals surface area (Å²) in [5, 5.41) is 15.0. The van der Waals surface area contributed by atoms with Crippen molar-refractivity contribution in [3.8, 4) is 5.69 Å². The second kappa shape index (κ2) is 6.82. The van der Waals surface area contributed by atoms with Gasteiger partial charge in [0.15, 0.2) is 5.69 Å². The zero-order chi connectivity index (χ0) is 19.0. The van der Waals surface area contributed by atoms with Gasteiger partial charge in [-0.05, 0) is 31.0 Å². The molecule has 0 N–H and O–H groups in total. The van der Waals surface area contributed by atoms with Crippen LogP contribution >= 0.6 is 0 Å². The molecule has 2 fully saturated rings. The van der Waals surface area contributed by atoms with Crippen LogP contribution in [0.4, 0.5) is 5.69 Å². The molecule has 2 aromatic rings. The molecule has 1 saturated carbocycles. The molecule has 1 aromatic heterocycles. The van der Waals surface area contributed by atoms with Gasteiger partial charge in [-0.15, -0.1) is 0 Å². The fourth-order valence-electron chi connectivity index (χ4n) is 3.19. The van der Waals surface area contributed by atoms with Gasteiger partial charge in [-0.25, -0.2) is 4.68 Å². The topological polar surface area (TPSA) is 102 Å². The van der Waals surface area contributed by atoms with E-state index in [4.69, 9.17) is 0 Å². The van der Waals surface area contributed by atoms with Gasteiger partial charge in [0, 0.05) is 50.4 Å². The molecule has 1 aliphatic carbocycles. The van der Waals surface area contributed by atoms with E-state index >= 15 is 0 Å². The highest BCUT2D eigenvalue weighted by molar-refractivity contribution is 5.92. The van der Waals surface area contributed by atoms with Crippen LogP contribution in [-0.4, -0.2) is 62.5 Å². The van der Waals surface area contributed by atoms with E-state index in [0.29, 0.717) is 37.6 Å². The Morgan fingerprint density at radius 2 is 1.63 bits per heavy atom. The highest BCUT2D eigenvalue weighted by Gasteiger charge is 2.35. The first-order valence-corrected chi connectivity index (χ1v) is 8.91. The number of carbonyl (C=O) groups excluding carboxylic acids is 2. The molecule has 1 aromatic carbocycles. The molecule has 1 aliphatic heterocycles. The number of amides is 2. The van der Waals surface area contributed by atoms with E-state index < -0.39 is 4.92 Å². The minimum Gasteiger partial charge on any atom is -0.339 e. The molecule has 0 radical (unpaired) electrons. The highest BCUT2D eigenvalue weighted by atomic mass is 16.6. The Balaban J connectivity index is 1.40. The molecule has 0 spiro atoms. The first kappa shape index (κ1) is 17.2. The fraction of sp³-hybridized carbons (Fsp3) is 0.389. The minimum absolute atomic E-state index is 0.000761. The Labute approximate surface area is 155 Å². The number of non-ortho nitro benzene ring substituents is 1. The van der Waals surface area contributed by atoms with Crippen LogP contribution in [0.15, 0.2) is 36.5 Å². The van der Waals surface area contributed by atoms with Crippen molar-refractivity contribution in [2.75, 3.05) is 26.2 Å². The Kier molecular flexibility index (Phi) is 4.35. The lowest BCUT2D eigenvalue weighted by molar-refractivity contribution is -0.384. The van der Waals surface area contributed by atoms with Gasteiger partial charge in [0.25, 0.3) is 11.6 Å². The summed E-state index contributed by atoms with van der Waals surface area (Å²) in [6.07, 6.45) is 3.62.